The average molecular weight is 403 g/mol. The van der Waals surface area contributed by atoms with Crippen molar-refractivity contribution in [3.63, 3.8) is 0 Å². The summed E-state index contributed by atoms with van der Waals surface area (Å²) in [6.07, 6.45) is 9.42. The van der Waals surface area contributed by atoms with Crippen molar-refractivity contribution in [2.24, 2.45) is 5.92 Å². The molecule has 1 atom stereocenters. The molecule has 7 heteroatoms. The molecule has 0 spiro atoms. The van der Waals surface area contributed by atoms with E-state index in [2.05, 4.69) is 26.1 Å². The van der Waals surface area contributed by atoms with E-state index in [1.165, 1.54) is 16.1 Å². The number of H-pyrrole nitrogens is 1. The van der Waals surface area contributed by atoms with Crippen LogP contribution >= 0.6 is 0 Å². The molecule has 1 aliphatic carbocycles. The molecule has 0 saturated carbocycles. The Morgan fingerprint density at radius 3 is 2.87 bits per heavy atom. The molecule has 1 N–H and O–H groups in total. The normalized spacial score (nSPS) is 16.8. The first-order chi connectivity index (χ1) is 14.7. The van der Waals surface area contributed by atoms with Gasteiger partial charge in [0.25, 0.3) is 0 Å². The largest absolute Gasteiger partial charge is 0.348 e. The zero-order chi connectivity index (χ0) is 20.5. The van der Waals surface area contributed by atoms with Gasteiger partial charge in [0.1, 0.15) is 5.82 Å². The number of pyridine rings is 1. The van der Waals surface area contributed by atoms with Crippen molar-refractivity contribution in [3.05, 3.63) is 81.9 Å². The minimum absolute atomic E-state index is 0.239. The van der Waals surface area contributed by atoms with Gasteiger partial charge in [-0.1, -0.05) is 18.2 Å². The Bertz CT molecular complexity index is 1250. The predicted molar refractivity (Wildman–Crippen MR) is 112 cm³/mol. The minimum atomic E-state index is -0.397. The number of benzene rings is 1. The summed E-state index contributed by atoms with van der Waals surface area (Å²) in [5, 5.41) is 4.29. The lowest BCUT2D eigenvalue weighted by atomic mass is 9.86. The fraction of sp³-hybridized carbons (Fsp3) is 0.304. The summed E-state index contributed by atoms with van der Waals surface area (Å²) < 4.78 is 15.5. The minimum Gasteiger partial charge on any atom is -0.309 e. The molecule has 5 rings (SSSR count). The van der Waals surface area contributed by atoms with E-state index in [-0.39, 0.29) is 11.5 Å². The maximum Gasteiger partial charge on any atom is 0.348 e. The Morgan fingerprint density at radius 2 is 2.03 bits per heavy atom. The summed E-state index contributed by atoms with van der Waals surface area (Å²) in [6.45, 7) is 0. The molecule has 4 aromatic rings. The molecular formula is C23H22FN5O. The van der Waals surface area contributed by atoms with Crippen LogP contribution in [0.15, 0.2) is 53.6 Å². The van der Waals surface area contributed by atoms with E-state index >= 15 is 0 Å². The maximum absolute atomic E-state index is 14.2. The number of aryl methyl sites for hydroxylation is 2. The zero-order valence-corrected chi connectivity index (χ0v) is 16.5. The van der Waals surface area contributed by atoms with Crippen molar-refractivity contribution >= 4 is 5.65 Å². The fourth-order valence-electron chi connectivity index (χ4n) is 4.39. The van der Waals surface area contributed by atoms with Gasteiger partial charge in [0.15, 0.2) is 11.5 Å². The third-order valence-corrected chi connectivity index (χ3v) is 5.90. The van der Waals surface area contributed by atoms with Gasteiger partial charge in [-0.3, -0.25) is 4.98 Å². The fourth-order valence-corrected chi connectivity index (χ4v) is 4.39. The van der Waals surface area contributed by atoms with E-state index in [1.807, 2.05) is 12.3 Å². The number of aromatic nitrogens is 5. The number of aromatic amines is 1. The molecule has 152 valence electrons. The van der Waals surface area contributed by atoms with Crippen molar-refractivity contribution in [3.8, 4) is 11.4 Å². The van der Waals surface area contributed by atoms with Gasteiger partial charge in [-0.25, -0.2) is 14.2 Å². The lowest BCUT2D eigenvalue weighted by Crippen LogP contribution is -2.23. The second kappa shape index (κ2) is 7.82. The molecule has 0 aliphatic heterocycles. The number of hydrogen-bond donors (Lipinski definition) is 1. The highest BCUT2D eigenvalue weighted by molar-refractivity contribution is 5.61. The van der Waals surface area contributed by atoms with Crippen molar-refractivity contribution in [2.45, 2.75) is 38.5 Å². The molecule has 3 heterocycles. The number of nitrogens with zero attached hydrogens (tertiary/aromatic N) is 4. The summed E-state index contributed by atoms with van der Waals surface area (Å²) in [6, 6.07) is 10.5. The summed E-state index contributed by atoms with van der Waals surface area (Å²) in [5.74, 6) is 0.392. The van der Waals surface area contributed by atoms with Gasteiger partial charge in [0.05, 0.1) is 5.56 Å². The van der Waals surface area contributed by atoms with Crippen molar-refractivity contribution < 1.29 is 4.39 Å². The van der Waals surface area contributed by atoms with Gasteiger partial charge in [-0.05, 0) is 68.2 Å². The van der Waals surface area contributed by atoms with Crippen LogP contribution in [0.5, 0.6) is 0 Å². The Kier molecular flexibility index (Phi) is 4.86. The molecule has 1 unspecified atom stereocenters. The van der Waals surface area contributed by atoms with E-state index < -0.39 is 5.82 Å². The van der Waals surface area contributed by atoms with E-state index in [9.17, 15) is 9.18 Å². The van der Waals surface area contributed by atoms with Crippen molar-refractivity contribution in [2.75, 3.05) is 0 Å². The van der Waals surface area contributed by atoms with Gasteiger partial charge in [-0.15, -0.1) is 5.10 Å². The summed E-state index contributed by atoms with van der Waals surface area (Å²) in [7, 11) is 0. The van der Waals surface area contributed by atoms with E-state index in [0.717, 1.165) is 49.8 Å². The Hall–Kier alpha value is -3.35. The molecule has 0 bridgehead atoms. The predicted octanol–water partition coefficient (Wildman–Crippen LogP) is 3.75. The molecule has 1 aliphatic rings. The zero-order valence-electron chi connectivity index (χ0n) is 16.5. The van der Waals surface area contributed by atoms with E-state index in [1.54, 1.807) is 24.4 Å². The summed E-state index contributed by atoms with van der Waals surface area (Å²) in [5.41, 5.74) is 3.71. The number of hydrogen-bond acceptors (Lipinski definition) is 4. The number of nitrogens with one attached hydrogen (secondary N) is 1. The molecule has 0 fully saturated rings. The first kappa shape index (κ1) is 18.7. The van der Waals surface area contributed by atoms with E-state index in [4.69, 9.17) is 0 Å². The lowest BCUT2D eigenvalue weighted by molar-refractivity contribution is 0.421. The molecule has 6 nitrogen and oxygen atoms in total. The molecule has 0 saturated heterocycles. The number of halogens is 1. The van der Waals surface area contributed by atoms with Crippen LogP contribution < -0.4 is 5.69 Å². The topological polar surface area (TPSA) is 75.9 Å². The molecule has 0 amide bonds. The van der Waals surface area contributed by atoms with Gasteiger partial charge < -0.3 is 4.98 Å². The van der Waals surface area contributed by atoms with Crippen molar-refractivity contribution in [1.29, 1.82) is 0 Å². The summed E-state index contributed by atoms with van der Waals surface area (Å²) >= 11 is 0. The Morgan fingerprint density at radius 1 is 1.13 bits per heavy atom. The third kappa shape index (κ3) is 3.51. The van der Waals surface area contributed by atoms with Crippen LogP contribution in [0.25, 0.3) is 17.0 Å². The monoisotopic (exact) mass is 403 g/mol. The first-order valence-electron chi connectivity index (χ1n) is 10.3. The van der Waals surface area contributed by atoms with Crippen LogP contribution in [0, 0.1) is 11.7 Å². The smallest absolute Gasteiger partial charge is 0.309 e. The second-order valence-electron chi connectivity index (χ2n) is 7.90. The standard InChI is InChI=1S/C23H22FN5O/c24-19-9-2-1-7-17(19)21-27-22-18-8-3-5-15(13-16-6-4-12-25-14-16)10-11-20(18)26-23(30)29(22)28-21/h1-2,4,6-7,9,12,14-15H,3,5,8,10-11,13H2,(H,26,30). The third-order valence-electron chi connectivity index (χ3n) is 5.90. The van der Waals surface area contributed by atoms with Crippen LogP contribution in [0.4, 0.5) is 4.39 Å². The van der Waals surface area contributed by atoms with Gasteiger partial charge in [0.2, 0.25) is 0 Å². The number of fused-ring (bicyclic) bond motifs is 3. The second-order valence-corrected chi connectivity index (χ2v) is 7.90. The maximum atomic E-state index is 14.2. The molecule has 30 heavy (non-hydrogen) atoms. The highest BCUT2D eigenvalue weighted by atomic mass is 19.1. The quantitative estimate of drug-likeness (QED) is 0.565. The van der Waals surface area contributed by atoms with Crippen LogP contribution in [0.2, 0.25) is 0 Å². The molecular weight excluding hydrogens is 381 g/mol. The summed E-state index contributed by atoms with van der Waals surface area (Å²) in [4.78, 5) is 24.4. The number of rotatable bonds is 3. The van der Waals surface area contributed by atoms with Gasteiger partial charge in [-0.2, -0.15) is 4.52 Å². The SMILES string of the molecule is O=c1[nH]c2c(c3nc(-c4ccccc4F)nn13)CCCC(Cc1cccnc1)CC2. The Balaban J connectivity index is 1.48. The van der Waals surface area contributed by atoms with Gasteiger partial charge >= 0.3 is 5.69 Å². The van der Waals surface area contributed by atoms with Crippen LogP contribution in [-0.4, -0.2) is 24.6 Å². The van der Waals surface area contributed by atoms with Crippen molar-refractivity contribution in [1.82, 2.24) is 24.6 Å². The Labute approximate surface area is 172 Å². The van der Waals surface area contributed by atoms with Gasteiger partial charge in [0, 0.05) is 23.7 Å². The molecule has 0 radical (unpaired) electrons. The molecule has 1 aromatic carbocycles. The molecule has 3 aromatic heterocycles. The van der Waals surface area contributed by atoms with Crippen LogP contribution in [-0.2, 0) is 19.3 Å². The first-order valence-corrected chi connectivity index (χ1v) is 10.3. The lowest BCUT2D eigenvalue weighted by Gasteiger charge is -2.21. The van der Waals surface area contributed by atoms with Crippen LogP contribution in [0.1, 0.15) is 36.1 Å². The highest BCUT2D eigenvalue weighted by Crippen LogP contribution is 2.27. The highest BCUT2D eigenvalue weighted by Gasteiger charge is 2.21. The average Bonchev–Trinajstić information content (AvgIpc) is 3.19. The van der Waals surface area contributed by atoms with Crippen LogP contribution in [0.3, 0.4) is 0 Å². The van der Waals surface area contributed by atoms with E-state index in [0.29, 0.717) is 17.1 Å².